The maximum Gasteiger partial charge on any atom is 0.255 e. The van der Waals surface area contributed by atoms with E-state index in [0.717, 1.165) is 11.3 Å². The van der Waals surface area contributed by atoms with Gasteiger partial charge in [0.25, 0.3) is 5.91 Å². The highest BCUT2D eigenvalue weighted by molar-refractivity contribution is 6.31. The molecule has 0 aliphatic heterocycles. The Hall–Kier alpha value is -2.99. The first-order valence-electron chi connectivity index (χ1n) is 8.29. The Balaban J connectivity index is 1.98. The van der Waals surface area contributed by atoms with Crippen molar-refractivity contribution in [3.63, 3.8) is 0 Å². The number of hydrogen-bond donors (Lipinski definition) is 1. The minimum absolute atomic E-state index is 0.307. The predicted molar refractivity (Wildman–Crippen MR) is 104 cm³/mol. The van der Waals surface area contributed by atoms with E-state index >= 15 is 0 Å². The summed E-state index contributed by atoms with van der Waals surface area (Å²) in [5, 5.41) is 3.49. The second kappa shape index (κ2) is 8.14. The van der Waals surface area contributed by atoms with Crippen molar-refractivity contribution in [2.45, 2.75) is 6.04 Å². The van der Waals surface area contributed by atoms with E-state index in [2.05, 4.69) is 10.3 Å². The number of aryl methyl sites for hydroxylation is 1. The van der Waals surface area contributed by atoms with Gasteiger partial charge in [0.1, 0.15) is 23.4 Å². The van der Waals surface area contributed by atoms with Crippen LogP contribution in [0.4, 0.5) is 0 Å². The van der Waals surface area contributed by atoms with Crippen LogP contribution in [0, 0.1) is 0 Å². The molecule has 27 heavy (non-hydrogen) atoms. The molecule has 7 heteroatoms. The van der Waals surface area contributed by atoms with Crippen LogP contribution >= 0.6 is 11.6 Å². The number of carbonyl (C=O) groups is 1. The number of halogens is 1. The maximum atomic E-state index is 13.0. The average molecular weight is 386 g/mol. The van der Waals surface area contributed by atoms with Crippen molar-refractivity contribution in [3.8, 4) is 11.5 Å². The van der Waals surface area contributed by atoms with Crippen LogP contribution < -0.4 is 14.8 Å². The summed E-state index contributed by atoms with van der Waals surface area (Å²) < 4.78 is 12.4. The second-order valence-corrected chi connectivity index (χ2v) is 6.36. The Morgan fingerprint density at radius 1 is 1.15 bits per heavy atom. The van der Waals surface area contributed by atoms with E-state index in [9.17, 15) is 4.79 Å². The fourth-order valence-corrected chi connectivity index (χ4v) is 2.99. The largest absolute Gasteiger partial charge is 0.497 e. The monoisotopic (exact) mass is 385 g/mol. The number of benzene rings is 2. The normalized spacial score (nSPS) is 11.7. The van der Waals surface area contributed by atoms with E-state index in [1.54, 1.807) is 31.5 Å². The summed E-state index contributed by atoms with van der Waals surface area (Å²) in [6.45, 7) is 0. The Morgan fingerprint density at radius 3 is 2.48 bits per heavy atom. The number of rotatable bonds is 6. The van der Waals surface area contributed by atoms with Crippen molar-refractivity contribution in [1.29, 1.82) is 0 Å². The molecule has 1 heterocycles. The molecule has 0 fully saturated rings. The number of carbonyl (C=O) groups excluding carboxylic acids is 1. The lowest BCUT2D eigenvalue weighted by Crippen LogP contribution is -2.31. The van der Waals surface area contributed by atoms with Crippen LogP contribution in [0.1, 0.15) is 27.8 Å². The van der Waals surface area contributed by atoms with Gasteiger partial charge in [-0.05, 0) is 35.9 Å². The lowest BCUT2D eigenvalue weighted by atomic mass is 10.0. The zero-order valence-corrected chi connectivity index (χ0v) is 16.0. The molecule has 3 rings (SSSR count). The van der Waals surface area contributed by atoms with Gasteiger partial charge in [-0.25, -0.2) is 4.98 Å². The predicted octanol–water partition coefficient (Wildman–Crippen LogP) is 3.61. The van der Waals surface area contributed by atoms with E-state index < -0.39 is 6.04 Å². The number of aromatic nitrogens is 2. The molecule has 1 atom stereocenters. The van der Waals surface area contributed by atoms with Gasteiger partial charge in [0.15, 0.2) is 0 Å². The molecule has 1 amide bonds. The molecule has 6 nitrogen and oxygen atoms in total. The van der Waals surface area contributed by atoms with Gasteiger partial charge in [-0.3, -0.25) is 4.79 Å². The van der Waals surface area contributed by atoms with Crippen LogP contribution in [-0.4, -0.2) is 29.7 Å². The third-order valence-electron chi connectivity index (χ3n) is 4.25. The third-order valence-corrected chi connectivity index (χ3v) is 4.48. The van der Waals surface area contributed by atoms with Crippen molar-refractivity contribution in [2.75, 3.05) is 14.2 Å². The average Bonchev–Trinajstić information content (AvgIpc) is 3.11. The van der Waals surface area contributed by atoms with Gasteiger partial charge in [-0.1, -0.05) is 23.7 Å². The van der Waals surface area contributed by atoms with Gasteiger partial charge in [0.2, 0.25) is 0 Å². The summed E-state index contributed by atoms with van der Waals surface area (Å²) in [5.74, 6) is 1.58. The van der Waals surface area contributed by atoms with Crippen LogP contribution in [0.5, 0.6) is 11.5 Å². The van der Waals surface area contributed by atoms with E-state index in [-0.39, 0.29) is 5.91 Å². The van der Waals surface area contributed by atoms with E-state index in [1.807, 2.05) is 42.1 Å². The number of imidazole rings is 1. The molecule has 1 aromatic heterocycles. The van der Waals surface area contributed by atoms with Crippen LogP contribution in [0.25, 0.3) is 0 Å². The number of nitrogens with zero attached hydrogens (tertiary/aromatic N) is 2. The lowest BCUT2D eigenvalue weighted by Gasteiger charge is -2.20. The summed E-state index contributed by atoms with van der Waals surface area (Å²) in [7, 11) is 5.00. The Labute approximate surface area is 162 Å². The standard InChI is InChI=1S/C20H20ClN3O3/c1-24-11-10-22-19(24)18(13-4-7-15(26-2)8-5-13)23-20(25)16-12-14(21)6-9-17(16)27-3/h4-12,18H,1-3H3,(H,23,25). The van der Waals surface area contributed by atoms with E-state index in [1.165, 1.54) is 7.11 Å². The summed E-state index contributed by atoms with van der Waals surface area (Å²) in [6, 6.07) is 12.0. The molecule has 0 bridgehead atoms. The molecular formula is C20H20ClN3O3. The Morgan fingerprint density at radius 2 is 1.89 bits per heavy atom. The second-order valence-electron chi connectivity index (χ2n) is 5.92. The van der Waals surface area contributed by atoms with Gasteiger partial charge in [0, 0.05) is 24.5 Å². The minimum atomic E-state index is -0.452. The zero-order valence-electron chi connectivity index (χ0n) is 15.3. The topological polar surface area (TPSA) is 65.4 Å². The molecule has 0 aliphatic rings. The number of hydrogen-bond acceptors (Lipinski definition) is 4. The maximum absolute atomic E-state index is 13.0. The molecular weight excluding hydrogens is 366 g/mol. The summed E-state index contributed by atoms with van der Waals surface area (Å²) >= 11 is 6.06. The van der Waals surface area contributed by atoms with Crippen LogP contribution in [-0.2, 0) is 7.05 Å². The highest BCUT2D eigenvalue weighted by atomic mass is 35.5. The van der Waals surface area contributed by atoms with Gasteiger partial charge in [-0.15, -0.1) is 0 Å². The Bertz CT molecular complexity index is 938. The highest BCUT2D eigenvalue weighted by Crippen LogP contribution is 2.26. The molecule has 0 spiro atoms. The molecule has 0 saturated carbocycles. The van der Waals surface area contributed by atoms with Crippen LogP contribution in [0.15, 0.2) is 54.9 Å². The van der Waals surface area contributed by atoms with Crippen LogP contribution in [0.3, 0.4) is 0 Å². The van der Waals surface area contributed by atoms with Crippen molar-refractivity contribution in [3.05, 3.63) is 76.8 Å². The molecule has 0 radical (unpaired) electrons. The summed E-state index contributed by atoms with van der Waals surface area (Å²) in [4.78, 5) is 17.4. The molecule has 140 valence electrons. The minimum Gasteiger partial charge on any atom is -0.497 e. The van der Waals surface area contributed by atoms with Crippen molar-refractivity contribution in [1.82, 2.24) is 14.9 Å². The summed E-state index contributed by atoms with van der Waals surface area (Å²) in [6.07, 6.45) is 3.52. The van der Waals surface area contributed by atoms with Crippen LogP contribution in [0.2, 0.25) is 5.02 Å². The molecule has 3 aromatic rings. The quantitative estimate of drug-likeness (QED) is 0.704. The molecule has 0 aliphatic carbocycles. The molecule has 1 unspecified atom stereocenters. The first-order chi connectivity index (χ1) is 13.0. The number of nitrogens with one attached hydrogen (secondary N) is 1. The highest BCUT2D eigenvalue weighted by Gasteiger charge is 2.23. The van der Waals surface area contributed by atoms with Gasteiger partial charge in [-0.2, -0.15) is 0 Å². The van der Waals surface area contributed by atoms with Crippen molar-refractivity contribution >= 4 is 17.5 Å². The zero-order chi connectivity index (χ0) is 19.4. The van der Waals surface area contributed by atoms with E-state index in [4.69, 9.17) is 21.1 Å². The van der Waals surface area contributed by atoms with Gasteiger partial charge < -0.3 is 19.4 Å². The number of methoxy groups -OCH3 is 2. The molecule has 1 N–H and O–H groups in total. The number of amides is 1. The first kappa shape index (κ1) is 18.8. The first-order valence-corrected chi connectivity index (χ1v) is 8.67. The fourth-order valence-electron chi connectivity index (χ4n) is 2.82. The van der Waals surface area contributed by atoms with Gasteiger partial charge >= 0.3 is 0 Å². The summed E-state index contributed by atoms with van der Waals surface area (Å²) in [5.41, 5.74) is 1.23. The molecule has 2 aromatic carbocycles. The SMILES string of the molecule is COc1ccc(C(NC(=O)c2cc(Cl)ccc2OC)c2nccn2C)cc1. The molecule has 0 saturated heterocycles. The Kier molecular flexibility index (Phi) is 5.66. The number of ether oxygens (including phenoxy) is 2. The van der Waals surface area contributed by atoms with Crippen molar-refractivity contribution < 1.29 is 14.3 Å². The smallest absolute Gasteiger partial charge is 0.255 e. The third kappa shape index (κ3) is 4.06. The van der Waals surface area contributed by atoms with Crippen molar-refractivity contribution in [2.24, 2.45) is 7.05 Å². The lowest BCUT2D eigenvalue weighted by molar-refractivity contribution is 0.0938. The van der Waals surface area contributed by atoms with Gasteiger partial charge in [0.05, 0.1) is 19.8 Å². The van der Waals surface area contributed by atoms with E-state index in [0.29, 0.717) is 22.2 Å². The fraction of sp³-hybridized carbons (Fsp3) is 0.200.